The molecule has 0 bridgehead atoms. The molecule has 0 saturated carbocycles. The van der Waals surface area contributed by atoms with E-state index in [0.717, 1.165) is 63.2 Å². The van der Waals surface area contributed by atoms with Gasteiger partial charge in [-0.2, -0.15) is 5.21 Å². The van der Waals surface area contributed by atoms with Crippen molar-refractivity contribution in [1.82, 2.24) is 25.5 Å². The van der Waals surface area contributed by atoms with Crippen molar-refractivity contribution in [3.05, 3.63) is 23.8 Å². The van der Waals surface area contributed by atoms with E-state index < -0.39 is 0 Å². The summed E-state index contributed by atoms with van der Waals surface area (Å²) in [4.78, 5) is 14.8. The summed E-state index contributed by atoms with van der Waals surface area (Å²) in [5.74, 6) is 1.61. The van der Waals surface area contributed by atoms with Crippen LogP contribution in [0.15, 0.2) is 18.2 Å². The molecule has 8 nitrogen and oxygen atoms in total. The van der Waals surface area contributed by atoms with Gasteiger partial charge in [0.15, 0.2) is 0 Å². The number of nitrogens with zero attached hydrogens (tertiary/aromatic N) is 4. The normalized spacial score (nSPS) is 19.1. The number of ether oxygens (including phenoxy) is 1. The predicted molar refractivity (Wildman–Crippen MR) is 115 cm³/mol. The third-order valence-electron chi connectivity index (χ3n) is 6.56. The maximum absolute atomic E-state index is 12.9. The highest BCUT2D eigenvalue weighted by Gasteiger charge is 2.30. The van der Waals surface area contributed by atoms with Crippen molar-refractivity contribution < 1.29 is 9.53 Å². The molecular formula is C22H32N6O2. The fourth-order valence-electron chi connectivity index (χ4n) is 4.62. The molecule has 162 valence electrons. The van der Waals surface area contributed by atoms with Crippen LogP contribution in [0.1, 0.15) is 57.9 Å². The molecule has 2 aliphatic rings. The Morgan fingerprint density at radius 3 is 2.53 bits per heavy atom. The maximum atomic E-state index is 12.9. The Kier molecular flexibility index (Phi) is 6.04. The Balaban J connectivity index is 1.48. The summed E-state index contributed by atoms with van der Waals surface area (Å²) in [6.07, 6.45) is 4.04. The number of rotatable bonds is 3. The number of carbonyl (C=O) groups excluding carboxylic acids is 1. The molecule has 0 aliphatic carbocycles. The number of benzene rings is 1. The standard InChI is InChI=1S/C22H32N6O2/c1-22(2,3)16-6-10-28(11-7-16)21(29)23-17-4-5-18(15-8-12-30-13-9-15)19(14-17)20-24-26-27-25-20/h4-5,14-16H,6-13H2,1-3H3,(H,23,29)(H,24,25,26,27). The number of nitrogens with one attached hydrogen (secondary N) is 2. The Morgan fingerprint density at radius 1 is 1.17 bits per heavy atom. The van der Waals surface area contributed by atoms with Crippen molar-refractivity contribution in [1.29, 1.82) is 0 Å². The molecule has 2 fully saturated rings. The number of tetrazole rings is 1. The number of aromatic amines is 1. The minimum atomic E-state index is -0.0414. The van der Waals surface area contributed by atoms with Crippen LogP contribution in [0.3, 0.4) is 0 Å². The van der Waals surface area contributed by atoms with Crippen LogP contribution in [0.2, 0.25) is 0 Å². The molecule has 0 spiro atoms. The molecule has 2 saturated heterocycles. The number of carbonyl (C=O) groups is 1. The number of aromatic nitrogens is 4. The zero-order chi connectivity index (χ0) is 21.1. The van der Waals surface area contributed by atoms with Gasteiger partial charge in [-0.1, -0.05) is 26.8 Å². The number of piperidine rings is 1. The smallest absolute Gasteiger partial charge is 0.321 e. The number of hydrogen-bond donors (Lipinski definition) is 2. The largest absolute Gasteiger partial charge is 0.381 e. The number of H-pyrrole nitrogens is 1. The minimum Gasteiger partial charge on any atom is -0.381 e. The van der Waals surface area contributed by atoms with Crippen molar-refractivity contribution in [2.24, 2.45) is 11.3 Å². The Labute approximate surface area is 177 Å². The van der Waals surface area contributed by atoms with Crippen molar-refractivity contribution in [3.63, 3.8) is 0 Å². The summed E-state index contributed by atoms with van der Waals surface area (Å²) < 4.78 is 5.51. The molecular weight excluding hydrogens is 380 g/mol. The fourth-order valence-corrected chi connectivity index (χ4v) is 4.62. The lowest BCUT2D eigenvalue weighted by Crippen LogP contribution is -2.43. The molecule has 0 atom stereocenters. The first-order chi connectivity index (χ1) is 14.4. The van der Waals surface area contributed by atoms with Crippen LogP contribution in [-0.4, -0.2) is 57.9 Å². The van der Waals surface area contributed by atoms with Crippen molar-refractivity contribution in [2.75, 3.05) is 31.6 Å². The highest BCUT2D eigenvalue weighted by atomic mass is 16.5. The van der Waals surface area contributed by atoms with Crippen LogP contribution < -0.4 is 5.32 Å². The summed E-state index contributed by atoms with van der Waals surface area (Å²) in [5.41, 5.74) is 3.15. The second-order valence-corrected chi connectivity index (χ2v) is 9.48. The summed E-state index contributed by atoms with van der Waals surface area (Å²) in [6, 6.07) is 5.99. The third kappa shape index (κ3) is 4.64. The van der Waals surface area contributed by atoms with Gasteiger partial charge in [-0.15, -0.1) is 10.2 Å². The zero-order valence-electron chi connectivity index (χ0n) is 18.1. The van der Waals surface area contributed by atoms with Crippen molar-refractivity contribution >= 4 is 11.7 Å². The molecule has 4 rings (SSSR count). The first kappa shape index (κ1) is 20.8. The van der Waals surface area contributed by atoms with Crippen LogP contribution in [0.4, 0.5) is 10.5 Å². The van der Waals surface area contributed by atoms with Crippen LogP contribution >= 0.6 is 0 Å². The minimum absolute atomic E-state index is 0.0414. The van der Waals surface area contributed by atoms with Crippen LogP contribution in [0, 0.1) is 11.3 Å². The monoisotopic (exact) mass is 412 g/mol. The van der Waals surface area contributed by atoms with Gasteiger partial charge in [-0.25, -0.2) is 4.79 Å². The molecule has 0 radical (unpaired) electrons. The van der Waals surface area contributed by atoms with Gasteiger partial charge in [0.2, 0.25) is 5.82 Å². The van der Waals surface area contributed by atoms with Gasteiger partial charge < -0.3 is 15.0 Å². The van der Waals surface area contributed by atoms with Gasteiger partial charge in [0.05, 0.1) is 0 Å². The summed E-state index contributed by atoms with van der Waals surface area (Å²) in [6.45, 7) is 9.97. The molecule has 8 heteroatoms. The Morgan fingerprint density at radius 2 is 1.90 bits per heavy atom. The SMILES string of the molecule is CC(C)(C)C1CCN(C(=O)Nc2ccc(C3CCOCC3)c(-c3nn[nH]n3)c2)CC1. The third-order valence-corrected chi connectivity index (χ3v) is 6.56. The lowest BCUT2D eigenvalue weighted by molar-refractivity contribution is 0.0854. The number of amides is 2. The van der Waals surface area contributed by atoms with Gasteiger partial charge in [0.1, 0.15) is 0 Å². The van der Waals surface area contributed by atoms with E-state index in [1.165, 1.54) is 5.56 Å². The van der Waals surface area contributed by atoms with E-state index in [2.05, 4.69) is 52.8 Å². The van der Waals surface area contributed by atoms with Crippen molar-refractivity contribution in [2.45, 2.75) is 52.4 Å². The van der Waals surface area contributed by atoms with Crippen LogP contribution in [-0.2, 0) is 4.74 Å². The number of hydrogen-bond acceptors (Lipinski definition) is 5. The predicted octanol–water partition coefficient (Wildman–Crippen LogP) is 4.05. The molecule has 1 aromatic carbocycles. The van der Waals surface area contributed by atoms with Crippen LogP contribution in [0.5, 0.6) is 0 Å². The van der Waals surface area contributed by atoms with Gasteiger partial charge >= 0.3 is 6.03 Å². The van der Waals surface area contributed by atoms with E-state index in [9.17, 15) is 4.79 Å². The lowest BCUT2D eigenvalue weighted by Gasteiger charge is -2.38. The molecule has 3 heterocycles. The first-order valence-corrected chi connectivity index (χ1v) is 10.9. The Bertz CT molecular complexity index is 847. The Hall–Kier alpha value is -2.48. The molecule has 2 amide bonds. The van der Waals surface area contributed by atoms with Gasteiger partial charge in [-0.3, -0.25) is 0 Å². The molecule has 2 N–H and O–H groups in total. The van der Waals surface area contributed by atoms with E-state index in [1.807, 2.05) is 17.0 Å². The van der Waals surface area contributed by atoms with Gasteiger partial charge in [-0.05, 0) is 65.8 Å². The average molecular weight is 413 g/mol. The average Bonchev–Trinajstić information content (AvgIpc) is 3.29. The fraction of sp³-hybridized carbons (Fsp3) is 0.636. The first-order valence-electron chi connectivity index (χ1n) is 10.9. The van der Waals surface area contributed by atoms with Crippen molar-refractivity contribution in [3.8, 4) is 11.4 Å². The van der Waals surface area contributed by atoms with Gasteiger partial charge in [0, 0.05) is 37.6 Å². The quantitative estimate of drug-likeness (QED) is 0.793. The highest BCUT2D eigenvalue weighted by Crippen LogP contribution is 2.36. The molecule has 2 aliphatic heterocycles. The molecule has 0 unspecified atom stereocenters. The topological polar surface area (TPSA) is 96.0 Å². The van der Waals surface area contributed by atoms with Gasteiger partial charge in [0.25, 0.3) is 0 Å². The number of urea groups is 1. The maximum Gasteiger partial charge on any atom is 0.321 e. The second-order valence-electron chi connectivity index (χ2n) is 9.48. The summed E-state index contributed by atoms with van der Waals surface area (Å²) >= 11 is 0. The van der Waals surface area contributed by atoms with Crippen LogP contribution in [0.25, 0.3) is 11.4 Å². The number of anilines is 1. The number of likely N-dealkylation sites (tertiary alicyclic amines) is 1. The summed E-state index contributed by atoms with van der Waals surface area (Å²) in [7, 11) is 0. The molecule has 2 aromatic rings. The van der Waals surface area contributed by atoms with E-state index in [-0.39, 0.29) is 6.03 Å². The molecule has 30 heavy (non-hydrogen) atoms. The van der Waals surface area contributed by atoms with E-state index in [4.69, 9.17) is 4.74 Å². The summed E-state index contributed by atoms with van der Waals surface area (Å²) in [5, 5.41) is 17.7. The zero-order valence-corrected chi connectivity index (χ0v) is 18.1. The van der Waals surface area contributed by atoms with E-state index in [0.29, 0.717) is 23.1 Å². The second kappa shape index (κ2) is 8.71. The molecule has 1 aromatic heterocycles. The highest BCUT2D eigenvalue weighted by molar-refractivity contribution is 5.90. The van der Waals surface area contributed by atoms with E-state index >= 15 is 0 Å². The lowest BCUT2D eigenvalue weighted by atomic mass is 9.75. The van der Waals surface area contributed by atoms with E-state index in [1.54, 1.807) is 0 Å².